The molecule has 3 rings (SSSR count). The lowest BCUT2D eigenvalue weighted by molar-refractivity contribution is -0.135. The Bertz CT molecular complexity index is 859. The molecule has 2 aromatic rings. The summed E-state index contributed by atoms with van der Waals surface area (Å²) >= 11 is 0. The van der Waals surface area contributed by atoms with E-state index < -0.39 is 12.6 Å². The maximum absolute atomic E-state index is 12.9. The van der Waals surface area contributed by atoms with Gasteiger partial charge in [0, 0.05) is 43.6 Å². The van der Waals surface area contributed by atoms with Crippen LogP contribution >= 0.6 is 0 Å². The van der Waals surface area contributed by atoms with Crippen molar-refractivity contribution in [1.82, 2.24) is 14.7 Å². The van der Waals surface area contributed by atoms with Gasteiger partial charge in [0.05, 0.1) is 12.2 Å². The standard InChI is InChI=1S/C22H28F3N3O/c1-15-19(13-26-27(15)3)20-14-28(16(2)17-9-6-7-10-18(17)20)21(29)11-5-4-8-12-22(23,24)25/h6-7,9-10,13,16,20H,4-5,8,11-12,14H2,1-3H3. The second kappa shape index (κ2) is 8.59. The summed E-state index contributed by atoms with van der Waals surface area (Å²) in [6, 6.07) is 8.11. The number of alkyl halides is 3. The topological polar surface area (TPSA) is 38.1 Å². The molecule has 7 heteroatoms. The summed E-state index contributed by atoms with van der Waals surface area (Å²) in [5.74, 6) is 0.0517. The molecule has 0 aliphatic carbocycles. The number of hydrogen-bond donors (Lipinski definition) is 0. The quantitative estimate of drug-likeness (QED) is 0.612. The van der Waals surface area contributed by atoms with Gasteiger partial charge in [-0.15, -0.1) is 0 Å². The third kappa shape index (κ3) is 4.82. The van der Waals surface area contributed by atoms with Crippen LogP contribution in [0.5, 0.6) is 0 Å². The highest BCUT2D eigenvalue weighted by molar-refractivity contribution is 5.77. The van der Waals surface area contributed by atoms with Crippen molar-refractivity contribution in [2.45, 2.75) is 64.1 Å². The van der Waals surface area contributed by atoms with Gasteiger partial charge in [0.2, 0.25) is 5.91 Å². The molecule has 0 saturated heterocycles. The highest BCUT2D eigenvalue weighted by Gasteiger charge is 2.35. The average molecular weight is 407 g/mol. The van der Waals surface area contributed by atoms with E-state index >= 15 is 0 Å². The van der Waals surface area contributed by atoms with Crippen molar-refractivity contribution in [2.75, 3.05) is 6.54 Å². The zero-order chi connectivity index (χ0) is 21.2. The Morgan fingerprint density at radius 2 is 1.83 bits per heavy atom. The third-order valence-electron chi connectivity index (χ3n) is 5.99. The Hall–Kier alpha value is -2.31. The van der Waals surface area contributed by atoms with E-state index in [0.717, 1.165) is 16.8 Å². The first-order chi connectivity index (χ1) is 13.7. The molecule has 1 aromatic heterocycles. The molecule has 1 amide bonds. The van der Waals surface area contributed by atoms with E-state index in [1.54, 1.807) is 0 Å². The SMILES string of the molecule is Cc1c(C2CN(C(=O)CCCCCC(F)(F)F)C(C)c3ccccc32)cnn1C. The summed E-state index contributed by atoms with van der Waals surface area (Å²) in [5, 5.41) is 4.36. The van der Waals surface area contributed by atoms with Crippen molar-refractivity contribution in [3.8, 4) is 0 Å². The third-order valence-corrected chi connectivity index (χ3v) is 5.99. The smallest absolute Gasteiger partial charge is 0.335 e. The summed E-state index contributed by atoms with van der Waals surface area (Å²) in [6.45, 7) is 4.61. The summed E-state index contributed by atoms with van der Waals surface area (Å²) in [5.41, 5.74) is 4.51. The molecule has 2 atom stereocenters. The van der Waals surface area contributed by atoms with Crippen LogP contribution in [-0.2, 0) is 11.8 Å². The molecule has 158 valence electrons. The van der Waals surface area contributed by atoms with Gasteiger partial charge in [-0.05, 0) is 37.8 Å². The normalized spacial score (nSPS) is 19.3. The zero-order valence-electron chi connectivity index (χ0n) is 17.2. The van der Waals surface area contributed by atoms with Gasteiger partial charge in [-0.2, -0.15) is 18.3 Å². The van der Waals surface area contributed by atoms with Crippen molar-refractivity contribution in [1.29, 1.82) is 0 Å². The second-order valence-electron chi connectivity index (χ2n) is 7.89. The molecule has 0 fully saturated rings. The molecular formula is C22H28F3N3O. The van der Waals surface area contributed by atoms with E-state index in [0.29, 0.717) is 19.4 Å². The molecule has 0 N–H and O–H groups in total. The second-order valence-corrected chi connectivity index (χ2v) is 7.89. The maximum Gasteiger partial charge on any atom is 0.389 e. The number of nitrogens with zero attached hydrogens (tertiary/aromatic N) is 3. The molecule has 1 aliphatic heterocycles. The van der Waals surface area contributed by atoms with Gasteiger partial charge in [0.15, 0.2) is 0 Å². The molecule has 0 saturated carbocycles. The number of halogens is 3. The Balaban J connectivity index is 1.73. The Morgan fingerprint density at radius 3 is 2.45 bits per heavy atom. The molecule has 29 heavy (non-hydrogen) atoms. The zero-order valence-corrected chi connectivity index (χ0v) is 17.2. The van der Waals surface area contributed by atoms with Crippen molar-refractivity contribution >= 4 is 5.91 Å². The Labute approximate surface area is 169 Å². The van der Waals surface area contributed by atoms with Crippen LogP contribution in [0.1, 0.15) is 73.4 Å². The van der Waals surface area contributed by atoms with E-state index in [9.17, 15) is 18.0 Å². The molecule has 1 aliphatic rings. The highest BCUT2D eigenvalue weighted by Crippen LogP contribution is 2.40. The number of fused-ring (bicyclic) bond motifs is 1. The molecule has 2 unspecified atom stereocenters. The van der Waals surface area contributed by atoms with Crippen molar-refractivity contribution in [3.05, 3.63) is 52.8 Å². The van der Waals surface area contributed by atoms with Gasteiger partial charge in [0.25, 0.3) is 0 Å². The summed E-state index contributed by atoms with van der Waals surface area (Å²) in [7, 11) is 1.90. The first-order valence-corrected chi connectivity index (χ1v) is 10.1. The first-order valence-electron chi connectivity index (χ1n) is 10.1. The number of aryl methyl sites for hydroxylation is 1. The number of carbonyl (C=O) groups is 1. The lowest BCUT2D eigenvalue weighted by Gasteiger charge is -2.40. The minimum absolute atomic E-state index is 0.00514. The van der Waals surface area contributed by atoms with E-state index in [1.165, 1.54) is 5.56 Å². The number of aromatic nitrogens is 2. The Kier molecular flexibility index (Phi) is 6.34. The van der Waals surface area contributed by atoms with E-state index in [-0.39, 0.29) is 30.7 Å². The van der Waals surface area contributed by atoms with Gasteiger partial charge in [-0.3, -0.25) is 9.48 Å². The largest absolute Gasteiger partial charge is 0.389 e. The summed E-state index contributed by atoms with van der Waals surface area (Å²) in [6.07, 6.45) is -1.78. The fraction of sp³-hybridized carbons (Fsp3) is 0.545. The molecular weight excluding hydrogens is 379 g/mol. The maximum atomic E-state index is 12.9. The predicted octanol–water partition coefficient (Wildman–Crippen LogP) is 5.28. The number of carbonyl (C=O) groups excluding carboxylic acids is 1. The first kappa shape index (κ1) is 21.4. The number of benzene rings is 1. The van der Waals surface area contributed by atoms with Crippen LogP contribution in [0.2, 0.25) is 0 Å². The van der Waals surface area contributed by atoms with Gasteiger partial charge < -0.3 is 4.90 Å². The van der Waals surface area contributed by atoms with E-state index in [1.807, 2.05) is 48.8 Å². The fourth-order valence-electron chi connectivity index (χ4n) is 4.19. The summed E-state index contributed by atoms with van der Waals surface area (Å²) < 4.78 is 38.7. The van der Waals surface area contributed by atoms with Crippen molar-refractivity contribution < 1.29 is 18.0 Å². The van der Waals surface area contributed by atoms with Gasteiger partial charge in [-0.1, -0.05) is 30.7 Å². The molecule has 0 radical (unpaired) electrons. The fourth-order valence-corrected chi connectivity index (χ4v) is 4.19. The van der Waals surface area contributed by atoms with E-state index in [2.05, 4.69) is 17.2 Å². The number of rotatable bonds is 6. The molecule has 0 bridgehead atoms. The van der Waals surface area contributed by atoms with E-state index in [4.69, 9.17) is 0 Å². The predicted molar refractivity (Wildman–Crippen MR) is 105 cm³/mol. The number of hydrogen-bond acceptors (Lipinski definition) is 2. The summed E-state index contributed by atoms with van der Waals surface area (Å²) in [4.78, 5) is 14.8. The number of unbranched alkanes of at least 4 members (excludes halogenated alkanes) is 2. The number of amides is 1. The lowest BCUT2D eigenvalue weighted by Crippen LogP contribution is -2.41. The average Bonchev–Trinajstić information content (AvgIpc) is 3.00. The highest BCUT2D eigenvalue weighted by atomic mass is 19.4. The van der Waals surface area contributed by atoms with Crippen LogP contribution < -0.4 is 0 Å². The van der Waals surface area contributed by atoms with Crippen LogP contribution in [0.3, 0.4) is 0 Å². The molecule has 1 aromatic carbocycles. The minimum Gasteiger partial charge on any atom is -0.335 e. The van der Waals surface area contributed by atoms with Crippen LogP contribution in [-0.4, -0.2) is 33.3 Å². The Morgan fingerprint density at radius 1 is 1.14 bits per heavy atom. The van der Waals surface area contributed by atoms with Crippen LogP contribution in [0, 0.1) is 6.92 Å². The molecule has 4 nitrogen and oxygen atoms in total. The van der Waals surface area contributed by atoms with Gasteiger partial charge >= 0.3 is 6.18 Å². The van der Waals surface area contributed by atoms with Gasteiger partial charge in [0.1, 0.15) is 0 Å². The van der Waals surface area contributed by atoms with Crippen molar-refractivity contribution in [2.24, 2.45) is 7.05 Å². The van der Waals surface area contributed by atoms with Crippen LogP contribution in [0.15, 0.2) is 30.5 Å². The lowest BCUT2D eigenvalue weighted by atomic mass is 9.81. The minimum atomic E-state index is -4.12. The monoisotopic (exact) mass is 407 g/mol. The van der Waals surface area contributed by atoms with Gasteiger partial charge in [-0.25, -0.2) is 0 Å². The molecule has 0 spiro atoms. The van der Waals surface area contributed by atoms with Crippen LogP contribution in [0.25, 0.3) is 0 Å². The molecule has 2 heterocycles. The van der Waals surface area contributed by atoms with Crippen LogP contribution in [0.4, 0.5) is 13.2 Å². The van der Waals surface area contributed by atoms with Crippen molar-refractivity contribution in [3.63, 3.8) is 0 Å².